The molecule has 2 fully saturated rings. The first-order valence-electron chi connectivity index (χ1n) is 13.7. The number of carbonyl (C=O) groups is 3. The summed E-state index contributed by atoms with van der Waals surface area (Å²) in [5.74, 6) is -0.563. The highest BCUT2D eigenvalue weighted by Gasteiger charge is 2.85. The van der Waals surface area contributed by atoms with Gasteiger partial charge in [-0.1, -0.05) is 76.6 Å². The maximum atomic E-state index is 14.4. The van der Waals surface area contributed by atoms with Gasteiger partial charge in [-0.15, -0.1) is 10.2 Å². The van der Waals surface area contributed by atoms with Crippen molar-refractivity contribution in [2.45, 2.75) is 50.4 Å². The lowest BCUT2D eigenvalue weighted by molar-refractivity contribution is -0.433. The summed E-state index contributed by atoms with van der Waals surface area (Å²) in [5.41, 5.74) is 5.15. The van der Waals surface area contributed by atoms with Crippen LogP contribution in [0.15, 0.2) is 65.1 Å². The van der Waals surface area contributed by atoms with Crippen molar-refractivity contribution in [1.82, 2.24) is 15.1 Å². The number of halogens is 1. The summed E-state index contributed by atoms with van der Waals surface area (Å²) < 4.78 is 4.12. The molecule has 0 radical (unpaired) electrons. The van der Waals surface area contributed by atoms with Gasteiger partial charge in [0.2, 0.25) is 17.7 Å². The number of fused-ring (bicyclic) bond motifs is 5. The number of allylic oxidation sites excluding steroid dienone is 2. The normalized spacial score (nSPS) is 30.0. The molecule has 206 valence electrons. The van der Waals surface area contributed by atoms with Crippen LogP contribution in [0, 0.1) is 23.7 Å². The van der Waals surface area contributed by atoms with Crippen molar-refractivity contribution in [2.75, 3.05) is 6.54 Å². The topological polar surface area (TPSA) is 121 Å². The van der Waals surface area contributed by atoms with Gasteiger partial charge in [0.15, 0.2) is 11.8 Å². The van der Waals surface area contributed by atoms with E-state index in [-0.39, 0.29) is 30.2 Å². The molecule has 9 heteroatoms. The lowest BCUT2D eigenvalue weighted by atomic mass is 9.63. The molecule has 3 N–H and O–H groups in total. The molecule has 6 rings (SSSR count). The van der Waals surface area contributed by atoms with Gasteiger partial charge < -0.3 is 10.2 Å². The zero-order chi connectivity index (χ0) is 28.4. The highest BCUT2D eigenvalue weighted by molar-refractivity contribution is 9.10. The molecule has 5 atom stereocenters. The fraction of sp³-hybridized carbons (Fsp3) is 0.387. The number of likely N-dealkylation sites (tertiary alicyclic amines) is 1. The second kappa shape index (κ2) is 9.31. The van der Waals surface area contributed by atoms with Gasteiger partial charge in [-0.25, -0.2) is 0 Å². The summed E-state index contributed by atoms with van der Waals surface area (Å²) in [5, 5.41) is 7.91. The van der Waals surface area contributed by atoms with Crippen LogP contribution < -0.4 is 5.73 Å². The Balaban J connectivity index is 1.35. The first kappa shape index (κ1) is 26.8. The highest BCUT2D eigenvalue weighted by atomic mass is 79.9. The average molecular weight is 605 g/mol. The number of carbonyl (C=O) groups excluding carboxylic acids is 3. The molecule has 2 aromatic carbocycles. The second-order valence-corrected chi connectivity index (χ2v) is 12.7. The van der Waals surface area contributed by atoms with Crippen LogP contribution in [0.4, 0.5) is 0 Å². The van der Waals surface area contributed by atoms with Crippen molar-refractivity contribution in [1.29, 1.82) is 0 Å². The van der Waals surface area contributed by atoms with Gasteiger partial charge in [0.1, 0.15) is 4.32 Å². The SMILES string of the molecule is Cc1nnc([C@@H]([NH3+])CCCCN2C(=O)C3C4(C)C(=O)C(C)(C(c5ccccc5)=C4c4ccccc4)C3(Br)C2=O)o1. The highest BCUT2D eigenvalue weighted by Crippen LogP contribution is 2.77. The number of ketones is 1. The van der Waals surface area contributed by atoms with Crippen LogP contribution in [0.2, 0.25) is 0 Å². The number of aromatic nitrogens is 2. The molecule has 1 aromatic heterocycles. The molecule has 2 aliphatic carbocycles. The molecular weight excluding hydrogens is 572 g/mol. The molecule has 40 heavy (non-hydrogen) atoms. The third kappa shape index (κ3) is 3.37. The Morgan fingerprint density at radius 3 is 2.12 bits per heavy atom. The third-order valence-corrected chi connectivity index (χ3v) is 10.8. The predicted octanol–water partition coefficient (Wildman–Crippen LogP) is 4.17. The number of nitrogens with zero attached hydrogens (tertiary/aromatic N) is 3. The first-order chi connectivity index (χ1) is 19.1. The van der Waals surface area contributed by atoms with Gasteiger partial charge in [-0.2, -0.15) is 0 Å². The maximum Gasteiger partial charge on any atom is 0.274 e. The number of hydrogen-bond donors (Lipinski definition) is 1. The van der Waals surface area contributed by atoms with Crippen molar-refractivity contribution in [3.8, 4) is 0 Å². The van der Waals surface area contributed by atoms with Crippen LogP contribution in [0.1, 0.15) is 62.1 Å². The zero-order valence-electron chi connectivity index (χ0n) is 22.8. The van der Waals surface area contributed by atoms with E-state index < -0.39 is 21.1 Å². The molecule has 0 spiro atoms. The number of imide groups is 1. The number of Topliss-reactive ketones (excluding diaryl/α,β-unsaturated/α-hetero) is 1. The van der Waals surface area contributed by atoms with E-state index in [4.69, 9.17) is 4.42 Å². The first-order valence-corrected chi connectivity index (χ1v) is 14.5. The Kier molecular flexibility index (Phi) is 6.23. The van der Waals surface area contributed by atoms with E-state index in [1.165, 1.54) is 4.90 Å². The zero-order valence-corrected chi connectivity index (χ0v) is 24.4. The minimum Gasteiger partial charge on any atom is -0.420 e. The van der Waals surface area contributed by atoms with E-state index in [0.29, 0.717) is 24.6 Å². The molecule has 2 bridgehead atoms. The fourth-order valence-corrected chi connectivity index (χ4v) is 8.58. The van der Waals surface area contributed by atoms with Gasteiger partial charge >= 0.3 is 0 Å². The number of quaternary nitrogens is 1. The number of hydrogen-bond acceptors (Lipinski definition) is 6. The van der Waals surface area contributed by atoms with Crippen molar-refractivity contribution in [3.63, 3.8) is 0 Å². The van der Waals surface area contributed by atoms with E-state index in [2.05, 4.69) is 31.9 Å². The molecule has 3 aliphatic rings. The number of alkyl halides is 1. The van der Waals surface area contributed by atoms with Crippen LogP contribution in [0.5, 0.6) is 0 Å². The lowest BCUT2D eigenvalue weighted by Gasteiger charge is -2.41. The minimum atomic E-state index is -1.36. The van der Waals surface area contributed by atoms with Gasteiger partial charge in [0, 0.05) is 19.9 Å². The second-order valence-electron chi connectivity index (χ2n) is 11.4. The molecule has 3 aromatic rings. The third-order valence-electron chi connectivity index (χ3n) is 9.17. The quantitative estimate of drug-likeness (QED) is 0.234. The summed E-state index contributed by atoms with van der Waals surface area (Å²) >= 11 is 3.81. The van der Waals surface area contributed by atoms with Crippen LogP contribution in [-0.4, -0.2) is 43.6 Å². The molecule has 1 saturated heterocycles. The number of unbranched alkanes of at least 4 members (excludes halogenated alkanes) is 1. The summed E-state index contributed by atoms with van der Waals surface area (Å²) in [6.07, 6.45) is 2.02. The summed E-state index contributed by atoms with van der Waals surface area (Å²) in [6.45, 7) is 5.71. The van der Waals surface area contributed by atoms with Crippen molar-refractivity contribution < 1.29 is 24.5 Å². The molecule has 1 aliphatic heterocycles. The number of benzene rings is 2. The van der Waals surface area contributed by atoms with Crippen LogP contribution in [-0.2, 0) is 14.4 Å². The standard InChI is InChI=1S/C31H31BrN4O4/c1-18-34-35-25(40-18)21(33)16-10-11-17-36-26(37)24-29(2)22(19-12-6-4-7-13-19)23(20-14-8-5-9-15-20)30(3,27(29)38)31(24,32)28(36)39/h4-9,12-15,21,24H,10-11,16-17,33H2,1-3H3/p+1/t21-,24?,29?,30?,31?/m0/s1. The molecule has 2 amide bonds. The van der Waals surface area contributed by atoms with E-state index in [9.17, 15) is 14.4 Å². The van der Waals surface area contributed by atoms with E-state index in [1.54, 1.807) is 6.92 Å². The Labute approximate surface area is 241 Å². The van der Waals surface area contributed by atoms with Crippen LogP contribution >= 0.6 is 15.9 Å². The number of rotatable bonds is 8. The van der Waals surface area contributed by atoms with Gasteiger partial charge in [-0.05, 0) is 49.0 Å². The fourth-order valence-electron chi connectivity index (χ4n) is 7.33. The predicted molar refractivity (Wildman–Crippen MR) is 151 cm³/mol. The number of amides is 2. The van der Waals surface area contributed by atoms with Gasteiger partial charge in [0.05, 0.1) is 16.7 Å². The monoisotopic (exact) mass is 603 g/mol. The van der Waals surface area contributed by atoms with Crippen molar-refractivity contribution in [2.24, 2.45) is 16.7 Å². The molecule has 2 heterocycles. The number of aryl methyl sites for hydroxylation is 1. The van der Waals surface area contributed by atoms with Gasteiger partial charge in [-0.3, -0.25) is 19.3 Å². The van der Waals surface area contributed by atoms with E-state index in [1.807, 2.05) is 74.5 Å². The summed E-state index contributed by atoms with van der Waals surface area (Å²) in [7, 11) is 0. The molecular formula is C31H32BrN4O4+. The Hall–Kier alpha value is -3.43. The smallest absolute Gasteiger partial charge is 0.274 e. The van der Waals surface area contributed by atoms with Crippen LogP contribution in [0.3, 0.4) is 0 Å². The molecule has 4 unspecified atom stereocenters. The van der Waals surface area contributed by atoms with E-state index in [0.717, 1.165) is 28.7 Å². The Morgan fingerprint density at radius 2 is 1.55 bits per heavy atom. The maximum absolute atomic E-state index is 14.4. The summed E-state index contributed by atoms with van der Waals surface area (Å²) in [6, 6.07) is 19.4. The average Bonchev–Trinajstić information content (AvgIpc) is 3.57. The Morgan fingerprint density at radius 1 is 0.950 bits per heavy atom. The largest absolute Gasteiger partial charge is 0.420 e. The molecule has 1 saturated carbocycles. The van der Waals surface area contributed by atoms with Crippen molar-refractivity contribution >= 4 is 44.7 Å². The minimum absolute atomic E-state index is 0.0873. The Bertz CT molecular complexity index is 1550. The molecule has 8 nitrogen and oxygen atoms in total. The van der Waals surface area contributed by atoms with E-state index >= 15 is 0 Å². The summed E-state index contributed by atoms with van der Waals surface area (Å²) in [4.78, 5) is 44.1. The van der Waals surface area contributed by atoms with Crippen molar-refractivity contribution in [3.05, 3.63) is 83.6 Å². The van der Waals surface area contributed by atoms with Gasteiger partial charge in [0.25, 0.3) is 5.89 Å². The van der Waals surface area contributed by atoms with Crippen LogP contribution in [0.25, 0.3) is 11.1 Å². The lowest BCUT2D eigenvalue weighted by Crippen LogP contribution is -2.53.